The summed E-state index contributed by atoms with van der Waals surface area (Å²) in [5, 5.41) is 0. The molecular formula is C6H6BrClO3S. The summed E-state index contributed by atoms with van der Waals surface area (Å²) in [6.45, 7) is 0. The maximum atomic E-state index is 10.5. The van der Waals surface area contributed by atoms with Gasteiger partial charge in [-0.25, -0.2) is 0 Å². The molecule has 1 aromatic carbocycles. The Balaban J connectivity index is 0.00000121. The minimum Gasteiger partial charge on any atom is -0.282 e. The zero-order valence-electron chi connectivity index (χ0n) is 5.77. The molecule has 68 valence electrons. The summed E-state index contributed by atoms with van der Waals surface area (Å²) in [4.78, 5) is -0.0966. The van der Waals surface area contributed by atoms with Gasteiger partial charge in [-0.05, 0) is 24.3 Å². The fraction of sp³-hybridized carbons (Fsp3) is 0. The van der Waals surface area contributed by atoms with Gasteiger partial charge in [0.1, 0.15) is 0 Å². The number of hydrogen-bond donors (Lipinski definition) is 1. The van der Waals surface area contributed by atoms with E-state index in [-0.39, 0.29) is 17.3 Å². The van der Waals surface area contributed by atoms with E-state index in [1.807, 2.05) is 0 Å². The molecule has 0 aliphatic carbocycles. The van der Waals surface area contributed by atoms with E-state index >= 15 is 0 Å². The van der Waals surface area contributed by atoms with Crippen LogP contribution in [0, 0.1) is 0 Å². The Hall–Kier alpha value is -0.100. The highest BCUT2D eigenvalue weighted by Crippen LogP contribution is 2.13. The first-order chi connectivity index (χ1) is 5.00. The van der Waals surface area contributed by atoms with Crippen molar-refractivity contribution in [2.45, 2.75) is 4.90 Å². The van der Waals surface area contributed by atoms with Crippen LogP contribution in [0.2, 0.25) is 0 Å². The van der Waals surface area contributed by atoms with Crippen molar-refractivity contribution in [3.63, 3.8) is 0 Å². The van der Waals surface area contributed by atoms with Crippen LogP contribution in [0.5, 0.6) is 0 Å². The molecule has 0 fully saturated rings. The monoisotopic (exact) mass is 272 g/mol. The average molecular weight is 274 g/mol. The first kappa shape index (κ1) is 11.9. The molecule has 1 aromatic rings. The van der Waals surface area contributed by atoms with E-state index < -0.39 is 10.1 Å². The molecule has 0 spiro atoms. The lowest BCUT2D eigenvalue weighted by Crippen LogP contribution is -1.96. The average Bonchev–Trinajstić information content (AvgIpc) is 1.86. The van der Waals surface area contributed by atoms with E-state index in [1.54, 1.807) is 12.1 Å². The van der Waals surface area contributed by atoms with Gasteiger partial charge in [0.05, 0.1) is 4.90 Å². The molecule has 0 unspecified atom stereocenters. The summed E-state index contributed by atoms with van der Waals surface area (Å²) in [7, 11) is -4.04. The van der Waals surface area contributed by atoms with E-state index in [9.17, 15) is 8.42 Å². The smallest absolute Gasteiger partial charge is 0.282 e. The zero-order chi connectivity index (χ0) is 8.48. The van der Waals surface area contributed by atoms with E-state index in [2.05, 4.69) is 15.9 Å². The fourth-order valence-electron chi connectivity index (χ4n) is 0.607. The minimum absolute atomic E-state index is 0. The Labute approximate surface area is 85.1 Å². The topological polar surface area (TPSA) is 54.4 Å². The molecule has 0 atom stereocenters. The van der Waals surface area contributed by atoms with E-state index in [4.69, 9.17) is 4.55 Å². The first-order valence-electron chi connectivity index (χ1n) is 2.73. The maximum absolute atomic E-state index is 10.5. The van der Waals surface area contributed by atoms with E-state index in [0.29, 0.717) is 0 Å². The van der Waals surface area contributed by atoms with Gasteiger partial charge in [0, 0.05) is 4.47 Å². The largest absolute Gasteiger partial charge is 0.294 e. The van der Waals surface area contributed by atoms with Crippen molar-refractivity contribution in [1.29, 1.82) is 0 Å². The van der Waals surface area contributed by atoms with Crippen molar-refractivity contribution >= 4 is 38.5 Å². The molecule has 0 radical (unpaired) electrons. The molecule has 3 nitrogen and oxygen atoms in total. The maximum Gasteiger partial charge on any atom is 0.294 e. The van der Waals surface area contributed by atoms with Crippen molar-refractivity contribution in [2.75, 3.05) is 0 Å². The molecule has 12 heavy (non-hydrogen) atoms. The normalized spacial score (nSPS) is 10.5. The van der Waals surface area contributed by atoms with Gasteiger partial charge in [-0.1, -0.05) is 15.9 Å². The predicted molar refractivity (Wildman–Crippen MR) is 51.2 cm³/mol. The van der Waals surface area contributed by atoms with Crippen LogP contribution in [-0.2, 0) is 10.1 Å². The number of benzene rings is 1. The summed E-state index contributed by atoms with van der Waals surface area (Å²) in [6, 6.07) is 5.73. The predicted octanol–water partition coefficient (Wildman–Crippen LogP) is 2.12. The Morgan fingerprint density at radius 2 is 1.58 bits per heavy atom. The van der Waals surface area contributed by atoms with E-state index in [0.717, 1.165) is 4.47 Å². The van der Waals surface area contributed by atoms with Crippen LogP contribution < -0.4 is 0 Å². The first-order valence-corrected chi connectivity index (χ1v) is 4.96. The molecule has 0 aliphatic heterocycles. The summed E-state index contributed by atoms with van der Waals surface area (Å²) in [6.07, 6.45) is 0. The standard InChI is InChI=1S/C6H5BrO3S.ClH/c7-5-1-3-6(4-2-5)11(8,9)10;/h1-4H,(H,8,9,10);1H. The molecule has 6 heteroatoms. The van der Waals surface area contributed by atoms with Crippen molar-refractivity contribution in [1.82, 2.24) is 0 Å². The van der Waals surface area contributed by atoms with Crippen LogP contribution >= 0.6 is 28.3 Å². The Morgan fingerprint density at radius 3 is 1.92 bits per heavy atom. The molecular weight excluding hydrogens is 267 g/mol. The lowest BCUT2D eigenvalue weighted by atomic mass is 10.4. The molecule has 0 bridgehead atoms. The second-order valence-corrected chi connectivity index (χ2v) is 4.27. The van der Waals surface area contributed by atoms with Gasteiger partial charge >= 0.3 is 0 Å². The SMILES string of the molecule is Cl.O=S(=O)(O)c1ccc(Br)cc1. The Bertz CT molecular complexity index is 346. The number of rotatable bonds is 1. The highest BCUT2D eigenvalue weighted by molar-refractivity contribution is 9.10. The molecule has 0 heterocycles. The van der Waals surface area contributed by atoms with Crippen molar-refractivity contribution in [3.8, 4) is 0 Å². The summed E-state index contributed by atoms with van der Waals surface area (Å²) in [5.74, 6) is 0. The van der Waals surface area contributed by atoms with Crippen molar-refractivity contribution in [3.05, 3.63) is 28.7 Å². The summed E-state index contributed by atoms with van der Waals surface area (Å²) in [5.41, 5.74) is 0. The second kappa shape index (κ2) is 4.23. The minimum atomic E-state index is -4.04. The summed E-state index contributed by atoms with van der Waals surface area (Å²) >= 11 is 3.14. The second-order valence-electron chi connectivity index (χ2n) is 1.93. The molecule has 1 rings (SSSR count). The van der Waals surface area contributed by atoms with Crippen LogP contribution in [0.3, 0.4) is 0 Å². The van der Waals surface area contributed by atoms with Gasteiger partial charge in [0.2, 0.25) is 0 Å². The van der Waals surface area contributed by atoms with Crippen LogP contribution in [0.15, 0.2) is 33.6 Å². The van der Waals surface area contributed by atoms with Crippen LogP contribution in [0.4, 0.5) is 0 Å². The Kier molecular flexibility index (Phi) is 4.19. The highest BCUT2D eigenvalue weighted by Gasteiger charge is 2.07. The van der Waals surface area contributed by atoms with Gasteiger partial charge in [-0.2, -0.15) is 8.42 Å². The van der Waals surface area contributed by atoms with Gasteiger partial charge < -0.3 is 0 Å². The molecule has 1 N–H and O–H groups in total. The molecule has 0 aromatic heterocycles. The highest BCUT2D eigenvalue weighted by atomic mass is 79.9. The van der Waals surface area contributed by atoms with Gasteiger partial charge in [-0.3, -0.25) is 4.55 Å². The van der Waals surface area contributed by atoms with Gasteiger partial charge in [-0.15, -0.1) is 12.4 Å². The molecule has 0 saturated carbocycles. The molecule has 0 aliphatic rings. The van der Waals surface area contributed by atoms with E-state index in [1.165, 1.54) is 12.1 Å². The molecule has 0 amide bonds. The fourth-order valence-corrected chi connectivity index (χ4v) is 1.35. The van der Waals surface area contributed by atoms with Crippen molar-refractivity contribution < 1.29 is 13.0 Å². The third-order valence-electron chi connectivity index (χ3n) is 1.11. The number of hydrogen-bond acceptors (Lipinski definition) is 2. The van der Waals surface area contributed by atoms with Crippen LogP contribution in [-0.4, -0.2) is 13.0 Å². The quantitative estimate of drug-likeness (QED) is 0.798. The zero-order valence-corrected chi connectivity index (χ0v) is 8.99. The number of halogens is 2. The molecule has 0 saturated heterocycles. The van der Waals surface area contributed by atoms with Crippen molar-refractivity contribution in [2.24, 2.45) is 0 Å². The van der Waals surface area contributed by atoms with Crippen LogP contribution in [0.25, 0.3) is 0 Å². The van der Waals surface area contributed by atoms with Crippen LogP contribution in [0.1, 0.15) is 0 Å². The third kappa shape index (κ3) is 3.10. The summed E-state index contributed by atoms with van der Waals surface area (Å²) < 4.78 is 30.3. The Morgan fingerprint density at radius 1 is 1.17 bits per heavy atom. The lowest BCUT2D eigenvalue weighted by Gasteiger charge is -1.94. The third-order valence-corrected chi connectivity index (χ3v) is 2.51. The lowest BCUT2D eigenvalue weighted by molar-refractivity contribution is 0.483. The van der Waals surface area contributed by atoms with Gasteiger partial charge in [0.25, 0.3) is 10.1 Å². The van der Waals surface area contributed by atoms with Gasteiger partial charge in [0.15, 0.2) is 0 Å².